The Bertz CT molecular complexity index is 984. The van der Waals surface area contributed by atoms with Gasteiger partial charge in [-0.1, -0.05) is 47.3 Å². The quantitative estimate of drug-likeness (QED) is 0.519. The normalized spacial score (nSPS) is 12.0. The molecular weight excluding hydrogens is 364 g/mol. The van der Waals surface area contributed by atoms with E-state index in [-0.39, 0.29) is 11.5 Å². The predicted molar refractivity (Wildman–Crippen MR) is 103 cm³/mol. The average molecular weight is 384 g/mol. The largest absolute Gasteiger partial charge is 0.356 e. The molecule has 0 unspecified atom stereocenters. The van der Waals surface area contributed by atoms with Crippen LogP contribution in [0, 0.1) is 6.92 Å². The molecule has 1 aromatic carbocycles. The van der Waals surface area contributed by atoms with Gasteiger partial charge >= 0.3 is 0 Å². The first-order valence-electron chi connectivity index (χ1n) is 8.43. The van der Waals surface area contributed by atoms with Gasteiger partial charge in [0.2, 0.25) is 5.91 Å². The standard InChI is InChI=1S/C19H20N4O3S/c1-12-9-17(24)21-19(20-12)27-13(2)18(25)23(3)11-15-10-16(26-22-15)14-7-5-4-6-8-14/h4-10,13H,11H2,1-3H3,(H,20,21,24)/t13-/m1/s1. The second-order valence-electron chi connectivity index (χ2n) is 6.19. The number of amides is 1. The highest BCUT2D eigenvalue weighted by atomic mass is 32.2. The van der Waals surface area contributed by atoms with Crippen LogP contribution in [0.3, 0.4) is 0 Å². The van der Waals surface area contributed by atoms with Crippen LogP contribution in [0.4, 0.5) is 0 Å². The van der Waals surface area contributed by atoms with Crippen LogP contribution in [0.25, 0.3) is 11.3 Å². The number of benzene rings is 1. The van der Waals surface area contributed by atoms with Gasteiger partial charge in [-0.15, -0.1) is 0 Å². The lowest BCUT2D eigenvalue weighted by atomic mass is 10.1. The maximum Gasteiger partial charge on any atom is 0.251 e. The highest BCUT2D eigenvalue weighted by Gasteiger charge is 2.21. The van der Waals surface area contributed by atoms with Crippen molar-refractivity contribution in [1.82, 2.24) is 20.0 Å². The number of aryl methyl sites for hydroxylation is 1. The van der Waals surface area contributed by atoms with Crippen molar-refractivity contribution in [3.63, 3.8) is 0 Å². The Hall–Kier alpha value is -2.87. The summed E-state index contributed by atoms with van der Waals surface area (Å²) in [6.07, 6.45) is 0. The third-order valence-electron chi connectivity index (χ3n) is 3.88. The molecule has 3 aromatic rings. The van der Waals surface area contributed by atoms with Crippen LogP contribution < -0.4 is 5.56 Å². The molecule has 0 bridgehead atoms. The Morgan fingerprint density at radius 1 is 1.30 bits per heavy atom. The number of carbonyl (C=O) groups is 1. The Morgan fingerprint density at radius 3 is 2.74 bits per heavy atom. The van der Waals surface area contributed by atoms with E-state index in [1.165, 1.54) is 17.8 Å². The van der Waals surface area contributed by atoms with E-state index >= 15 is 0 Å². The number of nitrogens with one attached hydrogen (secondary N) is 1. The van der Waals surface area contributed by atoms with Gasteiger partial charge in [-0.2, -0.15) is 0 Å². The number of hydrogen-bond acceptors (Lipinski definition) is 6. The maximum atomic E-state index is 12.6. The molecule has 140 valence electrons. The summed E-state index contributed by atoms with van der Waals surface area (Å²) < 4.78 is 5.37. The Kier molecular flexibility index (Phi) is 5.75. The molecule has 1 atom stereocenters. The van der Waals surface area contributed by atoms with Crippen molar-refractivity contribution in [3.05, 3.63) is 64.2 Å². The van der Waals surface area contributed by atoms with Crippen LogP contribution >= 0.6 is 11.8 Å². The smallest absolute Gasteiger partial charge is 0.251 e. The van der Waals surface area contributed by atoms with Crippen LogP contribution in [0.2, 0.25) is 0 Å². The Labute approximate surface area is 160 Å². The zero-order chi connectivity index (χ0) is 19.4. The Morgan fingerprint density at radius 2 is 2.04 bits per heavy atom. The molecule has 7 nitrogen and oxygen atoms in total. The molecule has 1 N–H and O–H groups in total. The lowest BCUT2D eigenvalue weighted by Gasteiger charge is -2.19. The van der Waals surface area contributed by atoms with Crippen molar-refractivity contribution in [2.45, 2.75) is 30.8 Å². The van der Waals surface area contributed by atoms with Crippen LogP contribution in [0.1, 0.15) is 18.3 Å². The third kappa shape index (κ3) is 4.85. The van der Waals surface area contributed by atoms with Crippen molar-refractivity contribution in [1.29, 1.82) is 0 Å². The van der Waals surface area contributed by atoms with E-state index in [4.69, 9.17) is 4.52 Å². The summed E-state index contributed by atoms with van der Waals surface area (Å²) >= 11 is 1.22. The van der Waals surface area contributed by atoms with Gasteiger partial charge in [-0.3, -0.25) is 9.59 Å². The second-order valence-corrected chi connectivity index (χ2v) is 7.52. The number of H-pyrrole nitrogens is 1. The summed E-state index contributed by atoms with van der Waals surface area (Å²) in [6.45, 7) is 3.86. The molecule has 1 amide bonds. The molecule has 8 heteroatoms. The molecular formula is C19H20N4O3S. The van der Waals surface area contributed by atoms with Gasteiger partial charge in [0.15, 0.2) is 10.9 Å². The monoisotopic (exact) mass is 384 g/mol. The molecule has 0 aliphatic heterocycles. The average Bonchev–Trinajstić information content (AvgIpc) is 3.09. The summed E-state index contributed by atoms with van der Waals surface area (Å²) in [5.74, 6) is 0.573. The first kappa shape index (κ1) is 18.9. The third-order valence-corrected chi connectivity index (χ3v) is 4.85. The first-order chi connectivity index (χ1) is 12.9. The van der Waals surface area contributed by atoms with Gasteiger partial charge in [0.1, 0.15) is 5.69 Å². The first-order valence-corrected chi connectivity index (χ1v) is 9.31. The lowest BCUT2D eigenvalue weighted by Crippen LogP contribution is -2.33. The number of hydrogen-bond donors (Lipinski definition) is 1. The minimum atomic E-state index is -0.402. The molecule has 2 heterocycles. The highest BCUT2D eigenvalue weighted by molar-refractivity contribution is 8.00. The van der Waals surface area contributed by atoms with E-state index in [0.29, 0.717) is 28.8 Å². The van der Waals surface area contributed by atoms with Gasteiger partial charge in [-0.25, -0.2) is 4.98 Å². The summed E-state index contributed by atoms with van der Waals surface area (Å²) in [7, 11) is 1.71. The number of rotatable bonds is 6. The number of thioether (sulfide) groups is 1. The van der Waals surface area contributed by atoms with Crippen LogP contribution in [-0.4, -0.2) is 38.2 Å². The second kappa shape index (κ2) is 8.22. The van der Waals surface area contributed by atoms with Crippen molar-refractivity contribution in [3.8, 4) is 11.3 Å². The number of nitrogens with zero attached hydrogens (tertiary/aromatic N) is 3. The van der Waals surface area contributed by atoms with Gasteiger partial charge < -0.3 is 14.4 Å². The minimum absolute atomic E-state index is 0.0894. The van der Waals surface area contributed by atoms with Crippen LogP contribution in [0.15, 0.2) is 56.9 Å². The fourth-order valence-electron chi connectivity index (χ4n) is 2.58. The van der Waals surface area contributed by atoms with Crippen LogP contribution in [-0.2, 0) is 11.3 Å². The van der Waals surface area contributed by atoms with E-state index in [2.05, 4.69) is 15.1 Å². The van der Waals surface area contributed by atoms with Crippen molar-refractivity contribution in [2.24, 2.45) is 0 Å². The highest BCUT2D eigenvalue weighted by Crippen LogP contribution is 2.22. The van der Waals surface area contributed by atoms with Gasteiger partial charge in [0.25, 0.3) is 5.56 Å². The van der Waals surface area contributed by atoms with Gasteiger partial charge in [0, 0.05) is 30.4 Å². The minimum Gasteiger partial charge on any atom is -0.356 e. The molecule has 0 aliphatic rings. The predicted octanol–water partition coefficient (Wildman–Crippen LogP) is 2.87. The fraction of sp³-hybridized carbons (Fsp3) is 0.263. The van der Waals surface area contributed by atoms with Crippen molar-refractivity contribution >= 4 is 17.7 Å². The number of aromatic amines is 1. The molecule has 0 radical (unpaired) electrons. The van der Waals surface area contributed by atoms with Gasteiger partial charge in [-0.05, 0) is 13.8 Å². The number of aromatic nitrogens is 3. The van der Waals surface area contributed by atoms with E-state index in [9.17, 15) is 9.59 Å². The van der Waals surface area contributed by atoms with E-state index in [0.717, 1.165) is 5.56 Å². The molecule has 27 heavy (non-hydrogen) atoms. The summed E-state index contributed by atoms with van der Waals surface area (Å²) in [6, 6.07) is 12.9. The molecule has 3 rings (SSSR count). The number of carbonyl (C=O) groups excluding carboxylic acids is 1. The lowest BCUT2D eigenvalue weighted by molar-refractivity contribution is -0.129. The molecule has 0 fully saturated rings. The summed E-state index contributed by atoms with van der Waals surface area (Å²) in [5.41, 5.74) is 1.99. The maximum absolute atomic E-state index is 12.6. The molecule has 2 aromatic heterocycles. The van der Waals surface area contributed by atoms with Crippen molar-refractivity contribution < 1.29 is 9.32 Å². The molecule has 0 saturated heterocycles. The van der Waals surface area contributed by atoms with Crippen molar-refractivity contribution in [2.75, 3.05) is 7.05 Å². The summed E-state index contributed by atoms with van der Waals surface area (Å²) in [4.78, 5) is 32.6. The Balaban J connectivity index is 1.63. The molecule has 0 saturated carbocycles. The molecule has 0 aliphatic carbocycles. The zero-order valence-corrected chi connectivity index (χ0v) is 16.1. The SMILES string of the molecule is Cc1cc(=O)[nH]c(S[C@H](C)C(=O)N(C)Cc2cc(-c3ccccc3)on2)n1. The topological polar surface area (TPSA) is 92.1 Å². The van der Waals surface area contributed by atoms with E-state index in [1.54, 1.807) is 25.8 Å². The zero-order valence-electron chi connectivity index (χ0n) is 15.3. The fourth-order valence-corrected chi connectivity index (χ4v) is 3.55. The van der Waals surface area contributed by atoms with Crippen LogP contribution in [0.5, 0.6) is 0 Å². The van der Waals surface area contributed by atoms with Gasteiger partial charge in [0.05, 0.1) is 11.8 Å². The molecule has 0 spiro atoms. The van der Waals surface area contributed by atoms with E-state index in [1.807, 2.05) is 36.4 Å². The van der Waals surface area contributed by atoms with E-state index < -0.39 is 5.25 Å². The summed E-state index contributed by atoms with van der Waals surface area (Å²) in [5, 5.41) is 4.08.